The van der Waals surface area contributed by atoms with E-state index >= 15 is 0 Å². The fraction of sp³-hybridized carbons (Fsp3) is 0.263. The molecule has 126 valence electrons. The van der Waals surface area contributed by atoms with Crippen LogP contribution in [0.4, 0.5) is 0 Å². The van der Waals surface area contributed by atoms with Crippen LogP contribution in [-0.2, 0) is 0 Å². The van der Waals surface area contributed by atoms with Crippen molar-refractivity contribution in [1.29, 1.82) is 0 Å². The number of hydrogen-bond acceptors (Lipinski definition) is 4. The summed E-state index contributed by atoms with van der Waals surface area (Å²) in [6, 6.07) is 9.37. The zero-order valence-electron chi connectivity index (χ0n) is 14.0. The van der Waals surface area contributed by atoms with Crippen LogP contribution >= 0.6 is 0 Å². The van der Waals surface area contributed by atoms with Gasteiger partial charge in [-0.1, -0.05) is 18.2 Å². The minimum atomic E-state index is -0.0380. The largest absolute Gasteiger partial charge is 0.330 e. The molecule has 1 unspecified atom stereocenters. The van der Waals surface area contributed by atoms with Gasteiger partial charge >= 0.3 is 0 Å². The number of likely N-dealkylation sites (tertiary alicyclic amines) is 1. The lowest BCUT2D eigenvalue weighted by Gasteiger charge is -2.24. The molecule has 1 fully saturated rings. The Morgan fingerprint density at radius 1 is 1.20 bits per heavy atom. The fourth-order valence-corrected chi connectivity index (χ4v) is 3.33. The van der Waals surface area contributed by atoms with Crippen molar-refractivity contribution in [2.45, 2.75) is 25.8 Å². The molecule has 0 spiro atoms. The Bertz CT molecular complexity index is 890. The van der Waals surface area contributed by atoms with Crippen molar-refractivity contribution in [1.82, 2.24) is 24.4 Å². The molecule has 3 heterocycles. The van der Waals surface area contributed by atoms with Crippen LogP contribution in [0, 0.1) is 6.92 Å². The van der Waals surface area contributed by atoms with E-state index in [1.54, 1.807) is 18.6 Å². The van der Waals surface area contributed by atoms with E-state index in [1.807, 2.05) is 52.9 Å². The van der Waals surface area contributed by atoms with Crippen LogP contribution in [0.1, 0.15) is 40.8 Å². The molecule has 1 aliphatic heterocycles. The summed E-state index contributed by atoms with van der Waals surface area (Å²) in [6.45, 7) is 2.67. The molecule has 0 N–H and O–H groups in total. The van der Waals surface area contributed by atoms with E-state index in [0.29, 0.717) is 5.56 Å². The lowest BCUT2D eigenvalue weighted by atomic mass is 10.1. The van der Waals surface area contributed by atoms with Gasteiger partial charge < -0.3 is 4.90 Å². The molecule has 1 atom stereocenters. The fourth-order valence-electron chi connectivity index (χ4n) is 3.33. The second-order valence-electron chi connectivity index (χ2n) is 6.17. The molecule has 1 amide bonds. The quantitative estimate of drug-likeness (QED) is 0.739. The molecule has 0 bridgehead atoms. The smallest absolute Gasteiger partial charge is 0.254 e. The highest BCUT2D eigenvalue weighted by Gasteiger charge is 2.31. The van der Waals surface area contributed by atoms with Crippen molar-refractivity contribution in [3.8, 4) is 5.82 Å². The van der Waals surface area contributed by atoms with Crippen molar-refractivity contribution < 1.29 is 4.79 Å². The summed E-state index contributed by atoms with van der Waals surface area (Å²) in [5.74, 6) is 1.63. The van der Waals surface area contributed by atoms with Gasteiger partial charge in [-0.15, -0.1) is 0 Å². The van der Waals surface area contributed by atoms with Gasteiger partial charge in [0.1, 0.15) is 5.82 Å². The molecule has 6 heteroatoms. The van der Waals surface area contributed by atoms with E-state index in [-0.39, 0.29) is 11.9 Å². The van der Waals surface area contributed by atoms with Crippen molar-refractivity contribution in [2.24, 2.45) is 0 Å². The molecule has 25 heavy (non-hydrogen) atoms. The van der Waals surface area contributed by atoms with Crippen LogP contribution in [0.5, 0.6) is 0 Å². The number of hydrogen-bond donors (Lipinski definition) is 0. The first kappa shape index (κ1) is 15.5. The maximum Gasteiger partial charge on any atom is 0.254 e. The van der Waals surface area contributed by atoms with Gasteiger partial charge in [0, 0.05) is 24.5 Å². The van der Waals surface area contributed by atoms with Gasteiger partial charge in [0.25, 0.3) is 5.91 Å². The Morgan fingerprint density at radius 3 is 2.80 bits per heavy atom. The van der Waals surface area contributed by atoms with Crippen LogP contribution in [0.15, 0.2) is 55.1 Å². The second-order valence-corrected chi connectivity index (χ2v) is 6.17. The number of amides is 1. The highest BCUT2D eigenvalue weighted by molar-refractivity contribution is 5.94. The summed E-state index contributed by atoms with van der Waals surface area (Å²) in [6.07, 6.45) is 8.96. The molecule has 1 aromatic carbocycles. The van der Waals surface area contributed by atoms with Crippen molar-refractivity contribution in [2.75, 3.05) is 6.54 Å². The minimum absolute atomic E-state index is 0.0380. The van der Waals surface area contributed by atoms with Crippen molar-refractivity contribution in [3.05, 3.63) is 72.2 Å². The van der Waals surface area contributed by atoms with Gasteiger partial charge in [-0.3, -0.25) is 14.3 Å². The number of carbonyl (C=O) groups is 1. The maximum absolute atomic E-state index is 12.9. The van der Waals surface area contributed by atoms with Crippen LogP contribution in [0.25, 0.3) is 5.82 Å². The highest BCUT2D eigenvalue weighted by atomic mass is 16.2. The Hall–Kier alpha value is -3.02. The standard InChI is InChI=1S/C19H19N5O/c1-14-21-9-11-23(14)18-13-20-12-16(22-18)17-8-5-10-24(17)19(25)15-6-3-2-4-7-15/h2-4,6-7,9,11-13,17H,5,8,10H2,1H3. The molecular formula is C19H19N5O. The van der Waals surface area contributed by atoms with Crippen LogP contribution in [-0.4, -0.2) is 36.9 Å². The van der Waals surface area contributed by atoms with E-state index < -0.39 is 0 Å². The first-order chi connectivity index (χ1) is 12.2. The number of benzene rings is 1. The van der Waals surface area contributed by atoms with E-state index in [0.717, 1.165) is 36.7 Å². The van der Waals surface area contributed by atoms with Gasteiger partial charge in [-0.05, 0) is 31.9 Å². The van der Waals surface area contributed by atoms with Crippen molar-refractivity contribution in [3.63, 3.8) is 0 Å². The van der Waals surface area contributed by atoms with Crippen LogP contribution in [0.2, 0.25) is 0 Å². The van der Waals surface area contributed by atoms with Gasteiger partial charge in [-0.25, -0.2) is 9.97 Å². The maximum atomic E-state index is 12.9. The van der Waals surface area contributed by atoms with Gasteiger partial charge in [0.05, 0.1) is 24.1 Å². The lowest BCUT2D eigenvalue weighted by molar-refractivity contribution is 0.0732. The van der Waals surface area contributed by atoms with E-state index in [2.05, 4.69) is 9.97 Å². The van der Waals surface area contributed by atoms with E-state index in [1.165, 1.54) is 0 Å². The molecular weight excluding hydrogens is 314 g/mol. The molecule has 2 aromatic heterocycles. The number of carbonyl (C=O) groups excluding carboxylic acids is 1. The summed E-state index contributed by atoms with van der Waals surface area (Å²) in [5, 5.41) is 0. The number of aryl methyl sites for hydroxylation is 1. The summed E-state index contributed by atoms with van der Waals surface area (Å²) < 4.78 is 1.90. The summed E-state index contributed by atoms with van der Waals surface area (Å²) in [7, 11) is 0. The molecule has 4 rings (SSSR count). The number of rotatable bonds is 3. The Labute approximate surface area is 146 Å². The average Bonchev–Trinajstić information content (AvgIpc) is 3.31. The van der Waals surface area contributed by atoms with Gasteiger partial charge in [0.15, 0.2) is 5.82 Å². The van der Waals surface area contributed by atoms with Crippen molar-refractivity contribution >= 4 is 5.91 Å². The zero-order valence-corrected chi connectivity index (χ0v) is 14.0. The second kappa shape index (κ2) is 6.47. The molecule has 0 saturated carbocycles. The third-order valence-electron chi connectivity index (χ3n) is 4.59. The molecule has 6 nitrogen and oxygen atoms in total. The molecule has 1 aliphatic rings. The average molecular weight is 333 g/mol. The zero-order chi connectivity index (χ0) is 17.2. The molecule has 3 aromatic rings. The highest BCUT2D eigenvalue weighted by Crippen LogP contribution is 2.32. The molecule has 0 radical (unpaired) electrons. The number of imidazole rings is 1. The predicted octanol–water partition coefficient (Wildman–Crippen LogP) is 2.95. The minimum Gasteiger partial charge on any atom is -0.330 e. The van der Waals surface area contributed by atoms with E-state index in [4.69, 9.17) is 4.98 Å². The predicted molar refractivity (Wildman–Crippen MR) is 93.3 cm³/mol. The molecule has 0 aliphatic carbocycles. The lowest BCUT2D eigenvalue weighted by Crippen LogP contribution is -2.31. The summed E-state index contributed by atoms with van der Waals surface area (Å²) in [5.41, 5.74) is 1.54. The summed E-state index contributed by atoms with van der Waals surface area (Å²) in [4.78, 5) is 28.1. The summed E-state index contributed by atoms with van der Waals surface area (Å²) >= 11 is 0. The number of aromatic nitrogens is 4. The Balaban J connectivity index is 1.65. The third-order valence-corrected chi connectivity index (χ3v) is 4.59. The topological polar surface area (TPSA) is 63.9 Å². The van der Waals surface area contributed by atoms with Gasteiger partial charge in [-0.2, -0.15) is 0 Å². The van der Waals surface area contributed by atoms with Gasteiger partial charge in [0.2, 0.25) is 0 Å². The first-order valence-corrected chi connectivity index (χ1v) is 8.42. The first-order valence-electron chi connectivity index (χ1n) is 8.42. The van der Waals surface area contributed by atoms with E-state index in [9.17, 15) is 4.79 Å². The normalized spacial score (nSPS) is 17.0. The third kappa shape index (κ3) is 2.91. The SMILES string of the molecule is Cc1nccn1-c1cncc(C2CCCN2C(=O)c2ccccc2)n1. The van der Waals surface area contributed by atoms with Crippen LogP contribution in [0.3, 0.4) is 0 Å². The van der Waals surface area contributed by atoms with Crippen LogP contribution < -0.4 is 0 Å². The molecule has 1 saturated heterocycles. The Morgan fingerprint density at radius 2 is 2.04 bits per heavy atom. The monoisotopic (exact) mass is 333 g/mol. The Kier molecular flexibility index (Phi) is 4.01. The number of nitrogens with zero attached hydrogens (tertiary/aromatic N) is 5.